The summed E-state index contributed by atoms with van der Waals surface area (Å²) >= 11 is 0. The summed E-state index contributed by atoms with van der Waals surface area (Å²) in [6.07, 6.45) is 3.73. The van der Waals surface area contributed by atoms with Gasteiger partial charge in [-0.25, -0.2) is 15.8 Å². The zero-order chi connectivity index (χ0) is 13.7. The summed E-state index contributed by atoms with van der Waals surface area (Å²) in [6, 6.07) is 2.37. The monoisotopic (exact) mass is 265 g/mol. The van der Waals surface area contributed by atoms with Crippen LogP contribution in [-0.2, 0) is 11.3 Å². The molecule has 1 aromatic rings. The molecule has 1 aliphatic carbocycles. The highest BCUT2D eigenvalue weighted by molar-refractivity contribution is 5.48. The van der Waals surface area contributed by atoms with E-state index in [1.54, 1.807) is 0 Å². The number of rotatable bonds is 8. The van der Waals surface area contributed by atoms with Gasteiger partial charge in [0.05, 0.1) is 0 Å². The van der Waals surface area contributed by atoms with E-state index in [2.05, 4.69) is 27.6 Å². The third-order valence-electron chi connectivity index (χ3n) is 3.27. The van der Waals surface area contributed by atoms with Crippen LogP contribution in [0.2, 0.25) is 0 Å². The van der Waals surface area contributed by atoms with Crippen molar-refractivity contribution in [2.45, 2.75) is 45.8 Å². The Labute approximate surface area is 114 Å². The second kappa shape index (κ2) is 6.68. The van der Waals surface area contributed by atoms with Gasteiger partial charge in [-0.2, -0.15) is 0 Å². The lowest BCUT2D eigenvalue weighted by Crippen LogP contribution is -2.14. The molecule has 0 spiro atoms. The average Bonchev–Trinajstić information content (AvgIpc) is 3.14. The second-order valence-electron chi connectivity index (χ2n) is 4.87. The van der Waals surface area contributed by atoms with E-state index in [-0.39, 0.29) is 0 Å². The molecule has 19 heavy (non-hydrogen) atoms. The van der Waals surface area contributed by atoms with Gasteiger partial charge in [0.15, 0.2) is 5.82 Å². The highest BCUT2D eigenvalue weighted by Crippen LogP contribution is 2.37. The molecule has 4 N–H and O–H groups in total. The minimum Gasteiger partial charge on any atom is -0.374 e. The number of nitrogen functional groups attached to an aromatic ring is 1. The van der Waals surface area contributed by atoms with Crippen molar-refractivity contribution in [2.24, 2.45) is 11.8 Å². The number of nitrogens with zero attached hydrogens (tertiary/aromatic N) is 2. The van der Waals surface area contributed by atoms with Crippen molar-refractivity contribution in [3.05, 3.63) is 11.9 Å². The summed E-state index contributed by atoms with van der Waals surface area (Å²) in [5.41, 5.74) is 2.57. The largest absolute Gasteiger partial charge is 0.374 e. The highest BCUT2D eigenvalue weighted by atomic mass is 16.5. The molecule has 2 unspecified atom stereocenters. The number of hydrogen-bond donors (Lipinski definition) is 3. The van der Waals surface area contributed by atoms with Gasteiger partial charge >= 0.3 is 0 Å². The number of hydrogen-bond acceptors (Lipinski definition) is 6. The molecule has 6 heteroatoms. The number of ether oxygens (including phenoxy) is 1. The molecule has 0 aliphatic heterocycles. The van der Waals surface area contributed by atoms with Crippen LogP contribution in [0.1, 0.15) is 38.9 Å². The van der Waals surface area contributed by atoms with Gasteiger partial charge in [0.2, 0.25) is 0 Å². The van der Waals surface area contributed by atoms with Crippen LogP contribution in [0.25, 0.3) is 0 Å². The smallest absolute Gasteiger partial charge is 0.158 e. The number of nitrogens with two attached hydrogens (primary N) is 1. The number of anilines is 2. The Hall–Kier alpha value is -1.40. The molecule has 0 aromatic carbocycles. The van der Waals surface area contributed by atoms with Gasteiger partial charge in [0, 0.05) is 18.7 Å². The van der Waals surface area contributed by atoms with Crippen LogP contribution in [0.3, 0.4) is 0 Å². The van der Waals surface area contributed by atoms with Crippen molar-refractivity contribution in [1.82, 2.24) is 9.97 Å². The van der Waals surface area contributed by atoms with Gasteiger partial charge in [-0.3, -0.25) is 0 Å². The van der Waals surface area contributed by atoms with E-state index in [0.717, 1.165) is 11.7 Å². The van der Waals surface area contributed by atoms with Crippen LogP contribution >= 0.6 is 0 Å². The highest BCUT2D eigenvalue weighted by Gasteiger charge is 2.36. The van der Waals surface area contributed by atoms with E-state index in [1.807, 2.05) is 13.0 Å². The first-order valence-electron chi connectivity index (χ1n) is 6.95. The molecule has 2 atom stereocenters. The topological polar surface area (TPSA) is 85.1 Å². The van der Waals surface area contributed by atoms with Crippen molar-refractivity contribution in [2.75, 3.05) is 17.3 Å². The van der Waals surface area contributed by atoms with E-state index < -0.39 is 0 Å². The Morgan fingerprint density at radius 3 is 2.84 bits per heavy atom. The summed E-state index contributed by atoms with van der Waals surface area (Å²) in [5.74, 6) is 8.29. The second-order valence-corrected chi connectivity index (χ2v) is 4.87. The third-order valence-corrected chi connectivity index (χ3v) is 3.27. The third kappa shape index (κ3) is 4.04. The van der Waals surface area contributed by atoms with Crippen LogP contribution in [0, 0.1) is 5.92 Å². The zero-order valence-electron chi connectivity index (χ0n) is 11.6. The van der Waals surface area contributed by atoms with Crippen LogP contribution in [0.5, 0.6) is 0 Å². The lowest BCUT2D eigenvalue weighted by molar-refractivity contribution is 0.128. The van der Waals surface area contributed by atoms with Crippen LogP contribution in [-0.4, -0.2) is 22.6 Å². The first-order valence-corrected chi connectivity index (χ1v) is 6.95. The van der Waals surface area contributed by atoms with Crippen molar-refractivity contribution in [1.29, 1.82) is 0 Å². The minimum atomic E-state index is 0.407. The van der Waals surface area contributed by atoms with Crippen molar-refractivity contribution in [3.63, 3.8) is 0 Å². The molecule has 106 valence electrons. The molecule has 0 amide bonds. The van der Waals surface area contributed by atoms with Crippen LogP contribution in [0.4, 0.5) is 11.6 Å². The molecule has 1 heterocycles. The van der Waals surface area contributed by atoms with E-state index >= 15 is 0 Å². The summed E-state index contributed by atoms with van der Waals surface area (Å²) in [7, 11) is 0. The molecule has 0 saturated heterocycles. The fourth-order valence-electron chi connectivity index (χ4n) is 2.21. The molecule has 1 fully saturated rings. The van der Waals surface area contributed by atoms with Crippen LogP contribution < -0.4 is 16.6 Å². The molecule has 6 nitrogen and oxygen atoms in total. The fraction of sp³-hybridized carbons (Fsp3) is 0.692. The van der Waals surface area contributed by atoms with Crippen molar-refractivity contribution < 1.29 is 4.74 Å². The Balaban J connectivity index is 1.99. The number of nitrogens with one attached hydrogen (secondary N) is 2. The fourth-order valence-corrected chi connectivity index (χ4v) is 2.21. The normalized spacial score (nSPS) is 21.2. The van der Waals surface area contributed by atoms with Crippen molar-refractivity contribution >= 4 is 11.6 Å². The van der Waals surface area contributed by atoms with E-state index in [9.17, 15) is 0 Å². The van der Waals surface area contributed by atoms with Gasteiger partial charge in [0.1, 0.15) is 18.2 Å². The summed E-state index contributed by atoms with van der Waals surface area (Å²) in [5, 5.41) is 3.44. The molecule has 1 aromatic heterocycles. The molecule has 0 radical (unpaired) electrons. The van der Waals surface area contributed by atoms with E-state index in [4.69, 9.17) is 10.6 Å². The van der Waals surface area contributed by atoms with Gasteiger partial charge in [-0.05, 0) is 25.7 Å². The molecule has 0 bridgehead atoms. The molecular weight excluding hydrogens is 242 g/mol. The Kier molecular flexibility index (Phi) is 4.93. The van der Waals surface area contributed by atoms with E-state index in [0.29, 0.717) is 30.9 Å². The average molecular weight is 265 g/mol. The number of aromatic nitrogens is 2. The maximum Gasteiger partial charge on any atom is 0.158 e. The quantitative estimate of drug-likeness (QED) is 0.492. The maximum absolute atomic E-state index is 5.43. The SMILES string of the molecule is CCCC1CC1Nc1cc(NN)nc(COCC)n1. The standard InChI is InChI=1S/C13H23N5O/c1-3-5-9-6-10(9)15-11-7-12(18-14)17-13(16-11)8-19-4-2/h7,9-10H,3-6,8,14H2,1-2H3,(H2,15,16,17,18). The Morgan fingerprint density at radius 2 is 2.16 bits per heavy atom. The predicted molar refractivity (Wildman–Crippen MR) is 75.6 cm³/mol. The Morgan fingerprint density at radius 1 is 1.37 bits per heavy atom. The van der Waals surface area contributed by atoms with Gasteiger partial charge < -0.3 is 15.5 Å². The Bertz CT molecular complexity index is 412. The molecular formula is C13H23N5O. The first-order chi connectivity index (χ1) is 9.26. The summed E-state index contributed by atoms with van der Waals surface area (Å²) in [6.45, 7) is 5.22. The van der Waals surface area contributed by atoms with Gasteiger partial charge in [-0.1, -0.05) is 13.3 Å². The predicted octanol–water partition coefficient (Wildman–Crippen LogP) is 1.90. The lowest BCUT2D eigenvalue weighted by atomic mass is 10.2. The minimum absolute atomic E-state index is 0.407. The zero-order valence-corrected chi connectivity index (χ0v) is 11.6. The van der Waals surface area contributed by atoms with Gasteiger partial charge in [0.25, 0.3) is 0 Å². The summed E-state index contributed by atoms with van der Waals surface area (Å²) in [4.78, 5) is 8.71. The number of hydrazine groups is 1. The lowest BCUT2D eigenvalue weighted by Gasteiger charge is -2.09. The molecule has 1 saturated carbocycles. The maximum atomic E-state index is 5.43. The molecule has 1 aliphatic rings. The molecule has 2 rings (SSSR count). The van der Waals surface area contributed by atoms with E-state index in [1.165, 1.54) is 19.3 Å². The summed E-state index contributed by atoms with van der Waals surface area (Å²) < 4.78 is 5.33. The van der Waals surface area contributed by atoms with Crippen LogP contribution in [0.15, 0.2) is 6.07 Å². The van der Waals surface area contributed by atoms with Gasteiger partial charge in [-0.15, -0.1) is 0 Å². The first kappa shape index (κ1) is 14.0. The van der Waals surface area contributed by atoms with Crippen molar-refractivity contribution in [3.8, 4) is 0 Å².